The second kappa shape index (κ2) is 10.3. The summed E-state index contributed by atoms with van der Waals surface area (Å²) in [5.74, 6) is 1.31. The molecule has 3 aromatic rings. The first-order valence-corrected chi connectivity index (χ1v) is 12.4. The van der Waals surface area contributed by atoms with Gasteiger partial charge in [0, 0.05) is 62.0 Å². The van der Waals surface area contributed by atoms with E-state index in [-0.39, 0.29) is 17.6 Å². The lowest BCUT2D eigenvalue weighted by Gasteiger charge is -2.39. The SMILES string of the molecule is CC(=O)c1ccc(N2CCN(C(=O)C3CCN(c4ccc(-c5ccccc5)nn4)CC3)CC2)cc1. The molecule has 0 unspecified atom stereocenters. The molecular formula is C28H31N5O2. The number of ketones is 1. The van der Waals surface area contributed by atoms with Crippen molar-refractivity contribution in [1.29, 1.82) is 0 Å². The van der Waals surface area contributed by atoms with E-state index in [1.165, 1.54) is 0 Å². The minimum absolute atomic E-state index is 0.0733. The average molecular weight is 470 g/mol. The molecule has 0 aliphatic carbocycles. The van der Waals surface area contributed by atoms with E-state index in [1.807, 2.05) is 71.6 Å². The highest BCUT2D eigenvalue weighted by Crippen LogP contribution is 2.26. The number of nitrogens with zero attached hydrogens (tertiary/aromatic N) is 5. The van der Waals surface area contributed by atoms with Crippen molar-refractivity contribution in [3.8, 4) is 11.3 Å². The maximum atomic E-state index is 13.2. The van der Waals surface area contributed by atoms with Gasteiger partial charge in [-0.15, -0.1) is 10.2 Å². The number of Topliss-reactive ketones (excluding diaryl/α,β-unsaturated/α-hetero) is 1. The van der Waals surface area contributed by atoms with E-state index in [4.69, 9.17) is 0 Å². The summed E-state index contributed by atoms with van der Waals surface area (Å²) in [6.07, 6.45) is 1.68. The molecule has 0 atom stereocenters. The van der Waals surface area contributed by atoms with Crippen LogP contribution in [0, 0.1) is 5.92 Å². The van der Waals surface area contributed by atoms with Crippen molar-refractivity contribution in [1.82, 2.24) is 15.1 Å². The zero-order valence-electron chi connectivity index (χ0n) is 20.1. The molecule has 5 rings (SSSR count). The summed E-state index contributed by atoms with van der Waals surface area (Å²) in [4.78, 5) is 31.2. The Morgan fingerprint density at radius 2 is 1.43 bits per heavy atom. The molecule has 0 N–H and O–H groups in total. The minimum Gasteiger partial charge on any atom is -0.368 e. The number of aromatic nitrogens is 2. The molecule has 7 heteroatoms. The number of carbonyl (C=O) groups is 2. The van der Waals surface area contributed by atoms with Gasteiger partial charge >= 0.3 is 0 Å². The van der Waals surface area contributed by atoms with Gasteiger partial charge in [-0.2, -0.15) is 0 Å². The number of anilines is 2. The first-order valence-electron chi connectivity index (χ1n) is 12.4. The van der Waals surface area contributed by atoms with Gasteiger partial charge in [-0.25, -0.2) is 0 Å². The van der Waals surface area contributed by atoms with Gasteiger partial charge in [0.2, 0.25) is 5.91 Å². The Balaban J connectivity index is 1.11. The lowest BCUT2D eigenvalue weighted by atomic mass is 9.95. The van der Waals surface area contributed by atoms with E-state index >= 15 is 0 Å². The zero-order chi connectivity index (χ0) is 24.2. The van der Waals surface area contributed by atoms with Gasteiger partial charge in [-0.05, 0) is 56.2 Å². The highest BCUT2D eigenvalue weighted by molar-refractivity contribution is 5.94. The van der Waals surface area contributed by atoms with Crippen molar-refractivity contribution in [3.05, 3.63) is 72.3 Å². The van der Waals surface area contributed by atoms with Crippen molar-refractivity contribution in [2.45, 2.75) is 19.8 Å². The maximum absolute atomic E-state index is 13.2. The maximum Gasteiger partial charge on any atom is 0.225 e. The zero-order valence-corrected chi connectivity index (χ0v) is 20.1. The molecule has 0 radical (unpaired) electrons. The van der Waals surface area contributed by atoms with Gasteiger partial charge in [-0.3, -0.25) is 9.59 Å². The molecule has 7 nitrogen and oxygen atoms in total. The van der Waals surface area contributed by atoms with Crippen LogP contribution in [0.1, 0.15) is 30.1 Å². The molecule has 180 valence electrons. The Hall–Kier alpha value is -3.74. The standard InChI is InChI=1S/C28H31N5O2/c1-21(34)22-7-9-25(10-8-22)31-17-19-33(20-18-31)28(35)24-13-15-32(16-14-24)27-12-11-26(29-30-27)23-5-3-2-4-6-23/h2-12,24H,13-20H2,1H3. The van der Waals surface area contributed by atoms with Crippen molar-refractivity contribution < 1.29 is 9.59 Å². The summed E-state index contributed by atoms with van der Waals surface area (Å²) in [6, 6.07) is 21.9. The summed E-state index contributed by atoms with van der Waals surface area (Å²) in [6.45, 7) is 6.32. The van der Waals surface area contributed by atoms with Gasteiger partial charge in [0.1, 0.15) is 0 Å². The Kier molecular flexibility index (Phi) is 6.75. The molecule has 35 heavy (non-hydrogen) atoms. The fourth-order valence-corrected chi connectivity index (χ4v) is 4.96. The molecule has 2 aromatic carbocycles. The van der Waals surface area contributed by atoms with E-state index in [0.717, 1.165) is 80.4 Å². The number of carbonyl (C=O) groups excluding carboxylic acids is 2. The Morgan fingerprint density at radius 1 is 0.743 bits per heavy atom. The van der Waals surface area contributed by atoms with Crippen molar-refractivity contribution in [2.75, 3.05) is 49.1 Å². The smallest absolute Gasteiger partial charge is 0.225 e. The number of hydrogen-bond donors (Lipinski definition) is 0. The summed E-state index contributed by atoms with van der Waals surface area (Å²) >= 11 is 0. The number of piperazine rings is 1. The fourth-order valence-electron chi connectivity index (χ4n) is 4.96. The van der Waals surface area contributed by atoms with E-state index in [2.05, 4.69) is 20.0 Å². The monoisotopic (exact) mass is 469 g/mol. The van der Waals surface area contributed by atoms with Gasteiger partial charge in [-0.1, -0.05) is 30.3 Å². The number of amides is 1. The highest BCUT2D eigenvalue weighted by Gasteiger charge is 2.31. The number of piperidine rings is 1. The van der Waals surface area contributed by atoms with E-state index in [0.29, 0.717) is 0 Å². The van der Waals surface area contributed by atoms with Crippen LogP contribution in [0.5, 0.6) is 0 Å². The molecule has 0 saturated carbocycles. The highest BCUT2D eigenvalue weighted by atomic mass is 16.2. The van der Waals surface area contributed by atoms with Crippen LogP contribution >= 0.6 is 0 Å². The van der Waals surface area contributed by atoms with Crippen LogP contribution in [0.2, 0.25) is 0 Å². The van der Waals surface area contributed by atoms with Crippen molar-refractivity contribution >= 4 is 23.2 Å². The lowest BCUT2D eigenvalue weighted by molar-refractivity contribution is -0.136. The van der Waals surface area contributed by atoms with Gasteiger partial charge in [0.05, 0.1) is 5.69 Å². The Morgan fingerprint density at radius 3 is 2.03 bits per heavy atom. The first-order chi connectivity index (χ1) is 17.1. The summed E-state index contributed by atoms with van der Waals surface area (Å²) < 4.78 is 0. The van der Waals surface area contributed by atoms with Crippen LogP contribution in [0.25, 0.3) is 11.3 Å². The average Bonchev–Trinajstić information content (AvgIpc) is 2.93. The summed E-state index contributed by atoms with van der Waals surface area (Å²) in [7, 11) is 0. The van der Waals surface area contributed by atoms with E-state index < -0.39 is 0 Å². The number of rotatable bonds is 5. The normalized spacial score (nSPS) is 16.9. The second-order valence-electron chi connectivity index (χ2n) is 9.32. The van der Waals surface area contributed by atoms with Gasteiger partial charge < -0.3 is 14.7 Å². The molecule has 1 aromatic heterocycles. The van der Waals surface area contributed by atoms with Crippen molar-refractivity contribution in [2.24, 2.45) is 5.92 Å². The topological polar surface area (TPSA) is 69.6 Å². The minimum atomic E-state index is 0.0733. The van der Waals surface area contributed by atoms with Gasteiger partial charge in [0.15, 0.2) is 11.6 Å². The third kappa shape index (κ3) is 5.19. The third-order valence-corrected chi connectivity index (χ3v) is 7.12. The van der Waals surface area contributed by atoms with E-state index in [9.17, 15) is 9.59 Å². The van der Waals surface area contributed by atoms with Crippen LogP contribution in [0.3, 0.4) is 0 Å². The molecule has 3 heterocycles. The van der Waals surface area contributed by atoms with Crippen LogP contribution in [-0.2, 0) is 4.79 Å². The van der Waals surface area contributed by atoms with Crippen molar-refractivity contribution in [3.63, 3.8) is 0 Å². The molecule has 2 aliphatic rings. The van der Waals surface area contributed by atoms with Crippen LogP contribution in [0.15, 0.2) is 66.7 Å². The molecule has 0 spiro atoms. The predicted octanol–water partition coefficient (Wildman–Crippen LogP) is 3.91. The van der Waals surface area contributed by atoms with Gasteiger partial charge in [0.25, 0.3) is 0 Å². The molecule has 2 saturated heterocycles. The second-order valence-corrected chi connectivity index (χ2v) is 9.32. The Bertz CT molecular complexity index is 1150. The first kappa shape index (κ1) is 23.0. The predicted molar refractivity (Wildman–Crippen MR) is 138 cm³/mol. The quantitative estimate of drug-likeness (QED) is 0.528. The lowest BCUT2D eigenvalue weighted by Crippen LogP contribution is -2.51. The summed E-state index contributed by atoms with van der Waals surface area (Å²) in [5, 5.41) is 8.86. The third-order valence-electron chi connectivity index (χ3n) is 7.12. The fraction of sp³-hybridized carbons (Fsp3) is 0.357. The van der Waals surface area contributed by atoms with E-state index in [1.54, 1.807) is 6.92 Å². The van der Waals surface area contributed by atoms with Crippen LogP contribution in [-0.4, -0.2) is 66.1 Å². The molecule has 1 amide bonds. The molecule has 2 fully saturated rings. The van der Waals surface area contributed by atoms with Crippen LogP contribution in [0.4, 0.5) is 11.5 Å². The molecule has 0 bridgehead atoms. The number of benzene rings is 2. The molecule has 2 aliphatic heterocycles. The number of hydrogen-bond acceptors (Lipinski definition) is 6. The largest absolute Gasteiger partial charge is 0.368 e. The summed E-state index contributed by atoms with van der Waals surface area (Å²) in [5.41, 5.74) is 3.76. The molecular weight excluding hydrogens is 438 g/mol. The van der Waals surface area contributed by atoms with Crippen LogP contribution < -0.4 is 9.80 Å². The Labute approximate surface area is 206 Å².